The molecule has 0 radical (unpaired) electrons. The van der Waals surface area contributed by atoms with Gasteiger partial charge < -0.3 is 20.1 Å². The van der Waals surface area contributed by atoms with Crippen molar-refractivity contribution in [3.05, 3.63) is 80.1 Å². The molecule has 3 aliphatic rings. The van der Waals surface area contributed by atoms with Gasteiger partial charge in [-0.3, -0.25) is 9.59 Å². The number of anilines is 1. The molecule has 43 heavy (non-hydrogen) atoms. The molecule has 2 N–H and O–H groups in total. The van der Waals surface area contributed by atoms with Crippen LogP contribution in [0.25, 0.3) is 11.6 Å². The van der Waals surface area contributed by atoms with Gasteiger partial charge in [-0.25, -0.2) is 8.42 Å². The normalized spacial score (nSPS) is 18.8. The summed E-state index contributed by atoms with van der Waals surface area (Å²) in [5, 5.41) is 3.36. The van der Waals surface area contributed by atoms with E-state index in [1.54, 1.807) is 30.3 Å². The number of hydrogen-bond donors (Lipinski definition) is 2. The Morgan fingerprint density at radius 1 is 1.02 bits per heavy atom. The number of aromatic nitrogens is 1. The smallest absolute Gasteiger partial charge is 0.256 e. The molecule has 6 rings (SSSR count). The van der Waals surface area contributed by atoms with Crippen molar-refractivity contribution < 1.29 is 18.0 Å². The third-order valence-electron chi connectivity index (χ3n) is 8.92. The Morgan fingerprint density at radius 2 is 1.70 bits per heavy atom. The van der Waals surface area contributed by atoms with Crippen molar-refractivity contribution in [2.45, 2.75) is 56.2 Å². The number of nitrogens with zero attached hydrogens (tertiary/aromatic N) is 2. The number of carbonyl (C=O) groups excluding carboxylic acids is 2. The van der Waals surface area contributed by atoms with E-state index in [2.05, 4.69) is 15.2 Å². The standard InChI is InChI=1S/C32H34Cl2N4O4S/c1-19-29(35-20(2)30(19)32(40)38-14-10-21(11-15-38)37-12-3-4-13-37)17-24-23-16-22(8-9-28(23)36-31(24)39)43(41,42)18-25-26(33)6-5-7-27(25)34/h5-9,16-17,21,35H,3-4,10-15,18H2,1-2H3,(H,36,39)/b24-17-. The zero-order valence-electron chi connectivity index (χ0n) is 24.2. The van der Waals surface area contributed by atoms with Crippen molar-refractivity contribution in [3.8, 4) is 0 Å². The first-order valence-corrected chi connectivity index (χ1v) is 17.0. The minimum absolute atomic E-state index is 0.00124. The highest BCUT2D eigenvalue weighted by Gasteiger charge is 2.32. The van der Waals surface area contributed by atoms with E-state index in [0.717, 1.165) is 50.3 Å². The summed E-state index contributed by atoms with van der Waals surface area (Å²) >= 11 is 12.5. The van der Waals surface area contributed by atoms with Crippen LogP contribution in [-0.2, 0) is 20.4 Å². The maximum absolute atomic E-state index is 13.6. The van der Waals surface area contributed by atoms with E-state index in [1.807, 2.05) is 18.7 Å². The van der Waals surface area contributed by atoms with Crippen LogP contribution in [-0.4, -0.2) is 67.2 Å². The second-order valence-electron chi connectivity index (χ2n) is 11.6. The molecule has 3 aromatic rings. The van der Waals surface area contributed by atoms with Gasteiger partial charge in [-0.15, -0.1) is 0 Å². The van der Waals surface area contributed by atoms with Crippen LogP contribution in [0.5, 0.6) is 0 Å². The minimum atomic E-state index is -3.83. The number of piperidine rings is 1. The quantitative estimate of drug-likeness (QED) is 0.317. The van der Waals surface area contributed by atoms with Gasteiger partial charge in [-0.2, -0.15) is 0 Å². The summed E-state index contributed by atoms with van der Waals surface area (Å²) in [5.74, 6) is -0.721. The predicted octanol–water partition coefficient (Wildman–Crippen LogP) is 6.11. The minimum Gasteiger partial charge on any atom is -0.358 e. The molecule has 0 unspecified atom stereocenters. The fourth-order valence-electron chi connectivity index (χ4n) is 6.53. The summed E-state index contributed by atoms with van der Waals surface area (Å²) < 4.78 is 26.8. The van der Waals surface area contributed by atoms with Crippen molar-refractivity contribution in [1.29, 1.82) is 0 Å². The summed E-state index contributed by atoms with van der Waals surface area (Å²) in [5.41, 5.74) is 4.39. The van der Waals surface area contributed by atoms with Gasteiger partial charge in [0.15, 0.2) is 9.84 Å². The Balaban J connectivity index is 1.26. The van der Waals surface area contributed by atoms with Crippen LogP contribution in [0.15, 0.2) is 41.3 Å². The van der Waals surface area contributed by atoms with Gasteiger partial charge in [0, 0.05) is 57.4 Å². The third-order valence-corrected chi connectivity index (χ3v) is 11.3. The molecular formula is C32H34Cl2N4O4S. The van der Waals surface area contributed by atoms with E-state index in [9.17, 15) is 18.0 Å². The van der Waals surface area contributed by atoms with Crippen molar-refractivity contribution >= 4 is 62.2 Å². The number of carbonyl (C=O) groups is 2. The molecule has 11 heteroatoms. The number of benzene rings is 2. The summed E-state index contributed by atoms with van der Waals surface area (Å²) in [6.07, 6.45) is 6.18. The Morgan fingerprint density at radius 3 is 2.37 bits per heavy atom. The van der Waals surface area contributed by atoms with Crippen LogP contribution in [0.1, 0.15) is 64.1 Å². The maximum Gasteiger partial charge on any atom is 0.256 e. The molecule has 2 fully saturated rings. The zero-order chi connectivity index (χ0) is 30.5. The SMILES string of the molecule is Cc1[nH]c(/C=C2\C(=O)Nc3ccc(S(=O)(=O)Cc4c(Cl)cccc4Cl)cc32)c(C)c1C(=O)N1CCC(N2CCCC2)CC1. The van der Waals surface area contributed by atoms with Crippen molar-refractivity contribution in [3.63, 3.8) is 0 Å². The van der Waals surface area contributed by atoms with E-state index >= 15 is 0 Å². The van der Waals surface area contributed by atoms with E-state index in [1.165, 1.54) is 25.0 Å². The second kappa shape index (κ2) is 11.8. The Labute approximate surface area is 262 Å². The third kappa shape index (κ3) is 5.76. The lowest BCUT2D eigenvalue weighted by Gasteiger charge is -2.36. The van der Waals surface area contributed by atoms with Gasteiger partial charge >= 0.3 is 0 Å². The number of likely N-dealkylation sites (tertiary alicyclic amines) is 2. The molecule has 4 heterocycles. The molecule has 226 valence electrons. The van der Waals surface area contributed by atoms with E-state index in [4.69, 9.17) is 23.2 Å². The fraction of sp³-hybridized carbons (Fsp3) is 0.375. The van der Waals surface area contributed by atoms with Crippen molar-refractivity contribution in [2.75, 3.05) is 31.5 Å². The van der Waals surface area contributed by atoms with Gasteiger partial charge in [0.2, 0.25) is 0 Å². The van der Waals surface area contributed by atoms with Gasteiger partial charge in [-0.05, 0) is 94.6 Å². The van der Waals surface area contributed by atoms with Gasteiger partial charge in [0.1, 0.15) is 0 Å². The lowest BCUT2D eigenvalue weighted by molar-refractivity contribution is -0.110. The van der Waals surface area contributed by atoms with Crippen LogP contribution < -0.4 is 5.32 Å². The molecule has 0 atom stereocenters. The number of H-pyrrole nitrogens is 1. The average molecular weight is 642 g/mol. The van der Waals surface area contributed by atoms with Gasteiger partial charge in [-0.1, -0.05) is 29.3 Å². The topological polar surface area (TPSA) is 103 Å². The second-order valence-corrected chi connectivity index (χ2v) is 14.4. The number of aryl methyl sites for hydroxylation is 1. The van der Waals surface area contributed by atoms with E-state index in [0.29, 0.717) is 39.7 Å². The molecule has 3 aliphatic heterocycles. The number of amides is 2. The number of halogens is 2. The molecule has 8 nitrogen and oxygen atoms in total. The number of rotatable bonds is 6. The Kier molecular flexibility index (Phi) is 8.19. The molecule has 1 aromatic heterocycles. The number of hydrogen-bond acceptors (Lipinski definition) is 5. The lowest BCUT2D eigenvalue weighted by Crippen LogP contribution is -2.46. The molecular weight excluding hydrogens is 607 g/mol. The van der Waals surface area contributed by atoms with Gasteiger partial charge in [0.05, 0.1) is 21.8 Å². The summed E-state index contributed by atoms with van der Waals surface area (Å²) in [7, 11) is -3.83. The first-order valence-electron chi connectivity index (χ1n) is 14.6. The summed E-state index contributed by atoms with van der Waals surface area (Å²) in [6.45, 7) is 7.52. The molecule has 0 spiro atoms. The Hall–Kier alpha value is -3.11. The van der Waals surface area contributed by atoms with Crippen molar-refractivity contribution in [2.24, 2.45) is 0 Å². The molecule has 2 saturated heterocycles. The largest absolute Gasteiger partial charge is 0.358 e. The monoisotopic (exact) mass is 640 g/mol. The molecule has 0 aliphatic carbocycles. The fourth-order valence-corrected chi connectivity index (χ4v) is 8.65. The van der Waals surface area contributed by atoms with Crippen LogP contribution in [0.2, 0.25) is 10.0 Å². The highest BCUT2D eigenvalue weighted by molar-refractivity contribution is 7.90. The highest BCUT2D eigenvalue weighted by atomic mass is 35.5. The molecule has 2 aromatic carbocycles. The van der Waals surface area contributed by atoms with Crippen LogP contribution in [0, 0.1) is 13.8 Å². The summed E-state index contributed by atoms with van der Waals surface area (Å²) in [6, 6.07) is 9.96. The lowest BCUT2D eigenvalue weighted by atomic mass is 10.0. The van der Waals surface area contributed by atoms with Crippen LogP contribution >= 0.6 is 23.2 Å². The average Bonchev–Trinajstić information content (AvgIpc) is 3.69. The first-order chi connectivity index (χ1) is 20.5. The Bertz CT molecular complexity index is 1730. The van der Waals surface area contributed by atoms with Crippen molar-refractivity contribution in [1.82, 2.24) is 14.8 Å². The number of aromatic amines is 1. The van der Waals surface area contributed by atoms with E-state index in [-0.39, 0.29) is 32.5 Å². The first kappa shape index (κ1) is 29.9. The maximum atomic E-state index is 13.6. The predicted molar refractivity (Wildman–Crippen MR) is 170 cm³/mol. The van der Waals surface area contributed by atoms with Crippen LogP contribution in [0.4, 0.5) is 5.69 Å². The highest BCUT2D eigenvalue weighted by Crippen LogP contribution is 2.37. The van der Waals surface area contributed by atoms with Crippen LogP contribution in [0.3, 0.4) is 0 Å². The molecule has 0 saturated carbocycles. The molecule has 2 amide bonds. The number of fused-ring (bicyclic) bond motifs is 1. The zero-order valence-corrected chi connectivity index (χ0v) is 26.5. The number of sulfone groups is 1. The molecule has 0 bridgehead atoms. The summed E-state index contributed by atoms with van der Waals surface area (Å²) in [4.78, 5) is 34.5. The van der Waals surface area contributed by atoms with E-state index < -0.39 is 9.84 Å². The van der Waals surface area contributed by atoms with Gasteiger partial charge in [0.25, 0.3) is 11.8 Å². The number of nitrogens with one attached hydrogen (secondary N) is 2.